The Balaban J connectivity index is 0.00000180. The number of likely N-dealkylation sites (N-methyl/N-ethyl adjacent to an activating group) is 1. The summed E-state index contributed by atoms with van der Waals surface area (Å²) in [6.45, 7) is 3.73. The summed E-state index contributed by atoms with van der Waals surface area (Å²) in [5, 5.41) is 6.26. The predicted octanol–water partition coefficient (Wildman–Crippen LogP) is 2.18. The quantitative estimate of drug-likeness (QED) is 0.894. The highest BCUT2D eigenvalue weighted by molar-refractivity contribution is 5.95. The Morgan fingerprint density at radius 1 is 1.40 bits per heavy atom. The van der Waals surface area contributed by atoms with Crippen LogP contribution in [-0.2, 0) is 6.42 Å². The third-order valence-corrected chi connectivity index (χ3v) is 3.52. The van der Waals surface area contributed by atoms with Gasteiger partial charge in [0.15, 0.2) is 0 Å². The molecule has 0 aliphatic carbocycles. The maximum absolute atomic E-state index is 12.0. The molecular weight excluding hydrogens is 297 g/mol. The summed E-state index contributed by atoms with van der Waals surface area (Å²) in [5.74, 6) is 0.0124. The summed E-state index contributed by atoms with van der Waals surface area (Å²) in [6.07, 6.45) is 1.00. The molecule has 1 aromatic rings. The fourth-order valence-electron chi connectivity index (χ4n) is 1.97. The van der Waals surface area contributed by atoms with E-state index in [-0.39, 0.29) is 30.7 Å². The summed E-state index contributed by atoms with van der Waals surface area (Å²) < 4.78 is 0. The van der Waals surface area contributed by atoms with Crippen molar-refractivity contribution in [2.75, 3.05) is 32.5 Å². The monoisotopic (exact) mass is 319 g/mol. The van der Waals surface area contributed by atoms with Gasteiger partial charge in [-0.3, -0.25) is 4.79 Å². The van der Waals surface area contributed by atoms with Crippen molar-refractivity contribution in [2.45, 2.75) is 19.4 Å². The Bertz CT molecular complexity index is 452. The van der Waals surface area contributed by atoms with E-state index in [1.165, 1.54) is 5.56 Å². The first-order chi connectivity index (χ1) is 8.58. The Hall–Kier alpha value is -0.970. The van der Waals surface area contributed by atoms with Crippen molar-refractivity contribution in [2.24, 2.45) is 0 Å². The SMILES string of the molecule is CC(CNC(=O)c1ccc2c(c1)CCN2)N(C)C.Cl.Cl. The van der Waals surface area contributed by atoms with Crippen molar-refractivity contribution in [3.8, 4) is 0 Å². The Kier molecular flexibility index (Phi) is 7.94. The van der Waals surface area contributed by atoms with Crippen molar-refractivity contribution in [1.29, 1.82) is 0 Å². The van der Waals surface area contributed by atoms with Gasteiger partial charge in [-0.1, -0.05) is 0 Å². The summed E-state index contributed by atoms with van der Waals surface area (Å²) in [7, 11) is 4.02. The van der Waals surface area contributed by atoms with Gasteiger partial charge in [0, 0.05) is 30.4 Å². The second-order valence-corrected chi connectivity index (χ2v) is 5.07. The maximum Gasteiger partial charge on any atom is 0.251 e. The zero-order valence-corrected chi connectivity index (χ0v) is 13.7. The van der Waals surface area contributed by atoms with Crippen molar-refractivity contribution in [1.82, 2.24) is 10.2 Å². The molecule has 6 heteroatoms. The molecule has 0 fully saturated rings. The van der Waals surface area contributed by atoms with E-state index in [0.29, 0.717) is 12.6 Å². The van der Waals surface area contributed by atoms with Crippen molar-refractivity contribution < 1.29 is 4.79 Å². The summed E-state index contributed by atoms with van der Waals surface area (Å²) >= 11 is 0. The first-order valence-electron chi connectivity index (χ1n) is 6.39. The number of nitrogens with one attached hydrogen (secondary N) is 2. The summed E-state index contributed by atoms with van der Waals surface area (Å²) in [5.41, 5.74) is 3.15. The molecule has 1 aliphatic rings. The van der Waals surface area contributed by atoms with Crippen LogP contribution in [-0.4, -0.2) is 44.0 Å². The number of carbonyl (C=O) groups is 1. The average Bonchev–Trinajstić information content (AvgIpc) is 2.82. The van der Waals surface area contributed by atoms with E-state index in [9.17, 15) is 4.79 Å². The number of halogens is 2. The van der Waals surface area contributed by atoms with Crippen LogP contribution in [0.5, 0.6) is 0 Å². The first-order valence-corrected chi connectivity index (χ1v) is 6.39. The van der Waals surface area contributed by atoms with Crippen molar-refractivity contribution in [3.63, 3.8) is 0 Å². The van der Waals surface area contributed by atoms with Crippen LogP contribution in [0.4, 0.5) is 5.69 Å². The maximum atomic E-state index is 12.0. The zero-order chi connectivity index (χ0) is 13.1. The normalized spacial score (nSPS) is 13.6. The van der Waals surface area contributed by atoms with Gasteiger partial charge in [0.25, 0.3) is 5.91 Å². The smallest absolute Gasteiger partial charge is 0.251 e. The fourth-order valence-corrected chi connectivity index (χ4v) is 1.97. The number of fused-ring (bicyclic) bond motifs is 1. The van der Waals surface area contributed by atoms with Crippen molar-refractivity contribution >= 4 is 36.4 Å². The van der Waals surface area contributed by atoms with Crippen molar-refractivity contribution in [3.05, 3.63) is 29.3 Å². The summed E-state index contributed by atoms with van der Waals surface area (Å²) in [6, 6.07) is 6.20. The van der Waals surface area contributed by atoms with E-state index in [1.54, 1.807) is 0 Å². The van der Waals surface area contributed by atoms with Gasteiger partial charge in [-0.15, -0.1) is 24.8 Å². The number of hydrogen-bond acceptors (Lipinski definition) is 3. The molecule has 1 amide bonds. The number of benzene rings is 1. The van der Waals surface area contributed by atoms with E-state index in [1.807, 2.05) is 32.3 Å². The third-order valence-electron chi connectivity index (χ3n) is 3.52. The molecule has 2 N–H and O–H groups in total. The standard InChI is InChI=1S/C14H21N3O.2ClH/c1-10(17(2)3)9-16-14(18)12-4-5-13-11(8-12)6-7-15-13;;/h4-5,8,10,15H,6-7,9H2,1-3H3,(H,16,18);2*1H. The number of hydrogen-bond donors (Lipinski definition) is 2. The molecular formula is C14H23Cl2N3O. The van der Waals surface area contributed by atoms with Gasteiger partial charge in [-0.05, 0) is 51.2 Å². The number of carbonyl (C=O) groups excluding carboxylic acids is 1. The molecule has 0 spiro atoms. The molecule has 2 rings (SSSR count). The van der Waals surface area contributed by atoms with Crippen LogP contribution in [0.3, 0.4) is 0 Å². The number of amides is 1. The van der Waals surface area contributed by atoms with E-state index in [2.05, 4.69) is 22.5 Å². The predicted molar refractivity (Wildman–Crippen MR) is 88.6 cm³/mol. The highest BCUT2D eigenvalue weighted by Crippen LogP contribution is 2.22. The van der Waals surface area contributed by atoms with Gasteiger partial charge in [-0.25, -0.2) is 0 Å². The minimum atomic E-state index is 0. The van der Waals surface area contributed by atoms with E-state index >= 15 is 0 Å². The number of rotatable bonds is 4. The molecule has 1 aliphatic heterocycles. The third kappa shape index (κ3) is 4.54. The van der Waals surface area contributed by atoms with Gasteiger partial charge in [0.2, 0.25) is 0 Å². The molecule has 0 saturated heterocycles. The van der Waals surface area contributed by atoms with Crippen LogP contribution in [0.1, 0.15) is 22.8 Å². The molecule has 0 saturated carbocycles. The lowest BCUT2D eigenvalue weighted by molar-refractivity contribution is 0.0943. The topological polar surface area (TPSA) is 44.4 Å². The van der Waals surface area contributed by atoms with Gasteiger partial charge < -0.3 is 15.5 Å². The summed E-state index contributed by atoms with van der Waals surface area (Å²) in [4.78, 5) is 14.1. The molecule has 4 nitrogen and oxygen atoms in total. The second-order valence-electron chi connectivity index (χ2n) is 5.07. The van der Waals surface area contributed by atoms with Crippen LogP contribution in [0.2, 0.25) is 0 Å². The molecule has 1 atom stereocenters. The van der Waals surface area contributed by atoms with Gasteiger partial charge in [0.05, 0.1) is 0 Å². The van der Waals surface area contributed by atoms with E-state index < -0.39 is 0 Å². The molecule has 1 unspecified atom stereocenters. The van der Waals surface area contributed by atoms with Gasteiger partial charge >= 0.3 is 0 Å². The molecule has 0 bridgehead atoms. The molecule has 114 valence electrons. The highest BCUT2D eigenvalue weighted by Gasteiger charge is 2.14. The Labute approximate surface area is 133 Å². The molecule has 1 heterocycles. The number of nitrogens with zero attached hydrogens (tertiary/aromatic N) is 1. The minimum absolute atomic E-state index is 0. The molecule has 0 aromatic heterocycles. The highest BCUT2D eigenvalue weighted by atomic mass is 35.5. The van der Waals surface area contributed by atoms with Crippen LogP contribution in [0, 0.1) is 0 Å². The second kappa shape index (κ2) is 8.35. The van der Waals surface area contributed by atoms with Crippen LogP contribution in [0.25, 0.3) is 0 Å². The number of anilines is 1. The average molecular weight is 320 g/mol. The van der Waals surface area contributed by atoms with E-state index in [4.69, 9.17) is 0 Å². The molecule has 1 aromatic carbocycles. The lowest BCUT2D eigenvalue weighted by Crippen LogP contribution is -2.38. The van der Waals surface area contributed by atoms with E-state index in [0.717, 1.165) is 24.2 Å². The molecule has 20 heavy (non-hydrogen) atoms. The largest absolute Gasteiger partial charge is 0.384 e. The van der Waals surface area contributed by atoms with Gasteiger partial charge in [0.1, 0.15) is 0 Å². The first kappa shape index (κ1) is 19.0. The Morgan fingerprint density at radius 3 is 2.75 bits per heavy atom. The lowest BCUT2D eigenvalue weighted by atomic mass is 10.1. The zero-order valence-electron chi connectivity index (χ0n) is 12.1. The Morgan fingerprint density at radius 2 is 2.10 bits per heavy atom. The lowest BCUT2D eigenvalue weighted by Gasteiger charge is -2.20. The van der Waals surface area contributed by atoms with Crippen LogP contribution < -0.4 is 10.6 Å². The molecule has 0 radical (unpaired) electrons. The van der Waals surface area contributed by atoms with Gasteiger partial charge in [-0.2, -0.15) is 0 Å². The fraction of sp³-hybridized carbons (Fsp3) is 0.500. The minimum Gasteiger partial charge on any atom is -0.384 e. The van der Waals surface area contributed by atoms with Crippen LogP contribution >= 0.6 is 24.8 Å². The van der Waals surface area contributed by atoms with Crippen LogP contribution in [0.15, 0.2) is 18.2 Å².